The summed E-state index contributed by atoms with van der Waals surface area (Å²) in [4.78, 5) is 11.9. The number of sulfonamides is 1. The number of rotatable bonds is 4. The Labute approximate surface area is 185 Å². The molecule has 0 saturated carbocycles. The monoisotopic (exact) mass is 461 g/mol. The van der Waals surface area contributed by atoms with E-state index >= 15 is 0 Å². The van der Waals surface area contributed by atoms with Gasteiger partial charge in [-0.15, -0.1) is 0 Å². The third-order valence-corrected chi connectivity index (χ3v) is 7.65. The molecule has 10 heteroatoms. The van der Waals surface area contributed by atoms with Crippen molar-refractivity contribution < 1.29 is 12.8 Å². The predicted octanol–water partition coefficient (Wildman–Crippen LogP) is 3.30. The van der Waals surface area contributed by atoms with Crippen LogP contribution in [0.15, 0.2) is 64.5 Å². The number of nitrogens with zero attached hydrogens (tertiary/aromatic N) is 4. The van der Waals surface area contributed by atoms with Gasteiger partial charge in [0.05, 0.1) is 24.3 Å². The van der Waals surface area contributed by atoms with Crippen molar-refractivity contribution in [1.29, 1.82) is 0 Å². The maximum atomic E-state index is 13.3. The van der Waals surface area contributed by atoms with E-state index in [0.717, 1.165) is 11.9 Å². The zero-order valence-corrected chi connectivity index (χ0v) is 18.4. The molecule has 4 heterocycles. The summed E-state index contributed by atoms with van der Waals surface area (Å²) in [6.07, 6.45) is 7.98. The van der Waals surface area contributed by atoms with Crippen LogP contribution in [0.25, 0.3) is 5.70 Å². The number of piperidine rings is 1. The van der Waals surface area contributed by atoms with Crippen molar-refractivity contribution in [2.45, 2.75) is 24.7 Å². The molecular weight excluding hydrogens is 441 g/mol. The molecule has 0 aromatic carbocycles. The summed E-state index contributed by atoms with van der Waals surface area (Å²) in [6.45, 7) is 2.70. The standard InChI is InChI=1S/C21H21ClFN5O2S/c1-14-12-28(31(29,30)16-10-24-13-25-11-16)8-7-17(14)21-18(22)3-2-4-20(27-21)19-6-5-15(23)9-26-19/h2,5-6,9-11,13-14,17,27H,3,7-8,12H2,1H3/t14-,17+/m0/s1. The van der Waals surface area contributed by atoms with Gasteiger partial charge in [0.25, 0.3) is 0 Å². The highest BCUT2D eigenvalue weighted by atomic mass is 35.5. The minimum absolute atomic E-state index is 0.00457. The Morgan fingerprint density at radius 2 is 2.03 bits per heavy atom. The zero-order chi connectivity index (χ0) is 22.0. The molecular formula is C21H21ClFN5O2S. The lowest BCUT2D eigenvalue weighted by atomic mass is 9.84. The van der Waals surface area contributed by atoms with Crippen molar-refractivity contribution in [3.05, 3.63) is 71.1 Å². The van der Waals surface area contributed by atoms with Crippen molar-refractivity contribution in [3.63, 3.8) is 0 Å². The first-order chi connectivity index (χ1) is 14.9. The Kier molecular flexibility index (Phi) is 6.20. The van der Waals surface area contributed by atoms with Gasteiger partial charge in [-0.05, 0) is 30.5 Å². The minimum Gasteiger partial charge on any atom is -0.349 e. The molecule has 0 spiro atoms. The lowest BCUT2D eigenvalue weighted by Crippen LogP contribution is -2.44. The number of allylic oxidation sites excluding steroid dienone is 3. The molecule has 0 aliphatic carbocycles. The summed E-state index contributed by atoms with van der Waals surface area (Å²) in [5, 5.41) is 3.98. The quantitative estimate of drug-likeness (QED) is 0.703. The van der Waals surface area contributed by atoms with Gasteiger partial charge in [-0.3, -0.25) is 4.98 Å². The van der Waals surface area contributed by atoms with E-state index in [0.29, 0.717) is 42.4 Å². The summed E-state index contributed by atoms with van der Waals surface area (Å²) in [5.41, 5.74) is 5.13. The average Bonchev–Trinajstić information content (AvgIpc) is 2.96. The molecule has 0 radical (unpaired) electrons. The number of halogens is 2. The van der Waals surface area contributed by atoms with E-state index in [2.05, 4.69) is 26.0 Å². The van der Waals surface area contributed by atoms with Crippen LogP contribution in [0.1, 0.15) is 25.5 Å². The number of pyridine rings is 1. The van der Waals surface area contributed by atoms with Crippen LogP contribution >= 0.6 is 11.6 Å². The molecule has 2 aromatic rings. The molecule has 1 fully saturated rings. The van der Waals surface area contributed by atoms with Gasteiger partial charge in [0.15, 0.2) is 0 Å². The summed E-state index contributed by atoms with van der Waals surface area (Å²) in [6, 6.07) is 2.92. The second kappa shape index (κ2) is 8.88. The first-order valence-electron chi connectivity index (χ1n) is 9.84. The molecule has 2 aromatic heterocycles. The molecule has 1 N–H and O–H groups in total. The van der Waals surface area contributed by atoms with E-state index in [1.165, 1.54) is 29.1 Å². The molecule has 1 saturated heterocycles. The third kappa shape index (κ3) is 4.55. The first-order valence-corrected chi connectivity index (χ1v) is 11.7. The fraction of sp³-hybridized carbons (Fsp3) is 0.333. The van der Waals surface area contributed by atoms with Gasteiger partial charge in [0.1, 0.15) is 22.7 Å². The van der Waals surface area contributed by atoms with Crippen molar-refractivity contribution >= 4 is 27.3 Å². The van der Waals surface area contributed by atoms with Crippen LogP contribution in [0, 0.1) is 17.7 Å². The molecule has 4 rings (SSSR count). The number of nitrogens with one attached hydrogen (secondary N) is 1. The zero-order valence-electron chi connectivity index (χ0n) is 16.8. The van der Waals surface area contributed by atoms with Crippen LogP contribution in [-0.2, 0) is 10.0 Å². The van der Waals surface area contributed by atoms with E-state index in [1.807, 2.05) is 13.0 Å². The Morgan fingerprint density at radius 1 is 1.26 bits per heavy atom. The van der Waals surface area contributed by atoms with Crippen LogP contribution < -0.4 is 5.32 Å². The van der Waals surface area contributed by atoms with Crippen molar-refractivity contribution in [1.82, 2.24) is 24.6 Å². The fourth-order valence-corrected chi connectivity index (χ4v) is 5.60. The Bertz CT molecular complexity index is 1160. The second-order valence-electron chi connectivity index (χ2n) is 7.54. The highest BCUT2D eigenvalue weighted by Crippen LogP contribution is 2.35. The summed E-state index contributed by atoms with van der Waals surface area (Å²) < 4.78 is 40.6. The summed E-state index contributed by atoms with van der Waals surface area (Å²) in [7, 11) is -3.66. The maximum Gasteiger partial charge on any atom is 0.246 e. The topological polar surface area (TPSA) is 88.1 Å². The largest absolute Gasteiger partial charge is 0.349 e. The summed E-state index contributed by atoms with van der Waals surface area (Å²) >= 11 is 6.59. The van der Waals surface area contributed by atoms with E-state index in [4.69, 9.17) is 11.6 Å². The lowest BCUT2D eigenvalue weighted by Gasteiger charge is -2.37. The predicted molar refractivity (Wildman–Crippen MR) is 114 cm³/mol. The van der Waals surface area contributed by atoms with Crippen LogP contribution in [0.3, 0.4) is 0 Å². The van der Waals surface area contributed by atoms with Crippen LogP contribution in [0.5, 0.6) is 0 Å². The van der Waals surface area contributed by atoms with Crippen molar-refractivity contribution in [2.75, 3.05) is 13.1 Å². The van der Waals surface area contributed by atoms with Gasteiger partial charge in [-0.1, -0.05) is 24.3 Å². The van der Waals surface area contributed by atoms with Gasteiger partial charge in [0.2, 0.25) is 10.0 Å². The second-order valence-corrected chi connectivity index (χ2v) is 9.94. The van der Waals surface area contributed by atoms with Crippen LogP contribution in [0.4, 0.5) is 4.39 Å². The smallest absolute Gasteiger partial charge is 0.246 e. The van der Waals surface area contributed by atoms with Crippen LogP contribution in [0.2, 0.25) is 0 Å². The SMILES string of the molecule is C[C@H]1CN(S(=O)(=O)c2cncnc2)CC[C@H]1C1=C(Cl)CC=C=C(c2ccc(F)cn2)N1. The number of aromatic nitrogens is 3. The molecule has 2 aliphatic rings. The van der Waals surface area contributed by atoms with Gasteiger partial charge in [0, 0.05) is 36.2 Å². The number of hydrogen-bond acceptors (Lipinski definition) is 6. The summed E-state index contributed by atoms with van der Waals surface area (Å²) in [5.74, 6) is -0.388. The Hall–Kier alpha value is -2.58. The molecule has 7 nitrogen and oxygen atoms in total. The van der Waals surface area contributed by atoms with Crippen molar-refractivity contribution in [2.24, 2.45) is 11.8 Å². The molecule has 162 valence electrons. The highest BCUT2D eigenvalue weighted by molar-refractivity contribution is 7.89. The molecule has 2 aliphatic heterocycles. The molecule has 31 heavy (non-hydrogen) atoms. The highest BCUT2D eigenvalue weighted by Gasteiger charge is 2.36. The van der Waals surface area contributed by atoms with Gasteiger partial charge >= 0.3 is 0 Å². The van der Waals surface area contributed by atoms with Gasteiger partial charge < -0.3 is 5.32 Å². The maximum absolute atomic E-state index is 13.3. The van der Waals surface area contributed by atoms with E-state index in [-0.39, 0.29) is 16.7 Å². The van der Waals surface area contributed by atoms with Crippen LogP contribution in [-0.4, -0.2) is 40.8 Å². The van der Waals surface area contributed by atoms with E-state index < -0.39 is 15.8 Å². The fourth-order valence-electron chi connectivity index (χ4n) is 3.87. The van der Waals surface area contributed by atoms with Gasteiger partial charge in [-0.2, -0.15) is 4.31 Å². The minimum atomic E-state index is -3.66. The third-order valence-electron chi connectivity index (χ3n) is 5.48. The Morgan fingerprint density at radius 3 is 2.71 bits per heavy atom. The molecule has 0 unspecified atom stereocenters. The number of hydrogen-bond donors (Lipinski definition) is 1. The molecule has 0 bridgehead atoms. The molecule has 2 atom stereocenters. The average molecular weight is 462 g/mol. The van der Waals surface area contributed by atoms with Crippen molar-refractivity contribution in [3.8, 4) is 0 Å². The van der Waals surface area contributed by atoms with E-state index in [1.54, 1.807) is 6.07 Å². The van der Waals surface area contributed by atoms with Gasteiger partial charge in [-0.25, -0.2) is 22.8 Å². The Balaban J connectivity index is 1.54. The lowest BCUT2D eigenvalue weighted by molar-refractivity contribution is 0.219. The first kappa shape index (κ1) is 21.6. The molecule has 0 amide bonds. The van der Waals surface area contributed by atoms with E-state index in [9.17, 15) is 12.8 Å². The normalized spacial score (nSPS) is 22.6.